The number of amides is 1. The van der Waals surface area contributed by atoms with Crippen LogP contribution >= 0.6 is 0 Å². The predicted molar refractivity (Wildman–Crippen MR) is 215 cm³/mol. The van der Waals surface area contributed by atoms with Gasteiger partial charge >= 0.3 is 48.5 Å². The zero-order chi connectivity index (χ0) is 40.2. The molecule has 1 unspecified atom stereocenters. The minimum absolute atomic E-state index is 0. The Morgan fingerprint density at radius 1 is 0.825 bits per heavy atom. The van der Waals surface area contributed by atoms with Crippen LogP contribution in [0.25, 0.3) is 0 Å². The van der Waals surface area contributed by atoms with Gasteiger partial charge in [-0.2, -0.15) is 13.8 Å². The summed E-state index contributed by atoms with van der Waals surface area (Å²) < 4.78 is 20.7. The number of nitrogens with one attached hydrogen (secondary N) is 1. The van der Waals surface area contributed by atoms with Crippen LogP contribution in [0.15, 0.2) is 72.8 Å². The molecule has 3 aromatic carbocycles. The number of aryl methyl sites for hydroxylation is 1. The van der Waals surface area contributed by atoms with E-state index >= 15 is 0 Å². The normalized spacial score (nSPS) is 18.9. The molecule has 2 saturated heterocycles. The number of benzene rings is 3. The van der Waals surface area contributed by atoms with E-state index in [1.54, 1.807) is 6.07 Å². The Kier molecular flexibility index (Phi) is 19.4. The third-order valence-corrected chi connectivity index (χ3v) is 9.61. The van der Waals surface area contributed by atoms with Crippen molar-refractivity contribution in [2.24, 2.45) is 0 Å². The van der Waals surface area contributed by atoms with Gasteiger partial charge in [0.05, 0.1) is 30.3 Å². The standard InChI is InChI=1S/C12H12O2.C11H11NO2.C9H15NO3.C9H10O2.C3H7.BrH.Mg/c13-11-9-5-1-2-6-10(9)12(14-11)7-3-4-8-12;13-10-8-3-1-2-4-9(8)11(14-10)5-6-12-7-11;1-9(2,3)13-8(12)10-5-4-7(11)6-10;1-7-5-3-4-6-8(7)9(10)11-2;1-3-2;;/h1-2,5-6H,3-4,7-8H2;1-4,12H,5-7H2;4-6H2,1-3H3;3-6H,1-2H3;3H,1-2H3;1H;/q;;;;-1;;+2. The maximum Gasteiger partial charge on any atom is 2.00 e. The van der Waals surface area contributed by atoms with Gasteiger partial charge in [-0.3, -0.25) is 4.79 Å². The fraction of sp³-hybridized carbons (Fsp3) is 0.455. The molecule has 3 fully saturated rings. The van der Waals surface area contributed by atoms with Gasteiger partial charge in [0.2, 0.25) is 0 Å². The summed E-state index contributed by atoms with van der Waals surface area (Å²) in [5.74, 6) is -0.485. The number of fused-ring (bicyclic) bond motifs is 4. The first-order chi connectivity index (χ1) is 26.2. The second-order valence-electron chi connectivity index (χ2n) is 15.1. The molecule has 0 aromatic heterocycles. The van der Waals surface area contributed by atoms with Crippen LogP contribution in [0.1, 0.15) is 122 Å². The number of carbonyl (C=O) groups excluding carboxylic acids is 5. The summed E-state index contributed by atoms with van der Waals surface area (Å²) in [6.45, 7) is 13.7. The summed E-state index contributed by atoms with van der Waals surface area (Å²) >= 11 is 0. The topological polar surface area (TPSA) is 138 Å². The van der Waals surface area contributed by atoms with Gasteiger partial charge in [0.15, 0.2) is 11.4 Å². The zero-order valence-corrected chi connectivity index (χ0v) is 37.3. The minimum Gasteiger partial charge on any atom is -1.00 e. The van der Waals surface area contributed by atoms with Crippen molar-refractivity contribution in [3.05, 3.63) is 113 Å². The van der Waals surface area contributed by atoms with E-state index in [1.165, 1.54) is 24.9 Å². The number of hydrogen-bond donors (Lipinski definition) is 1. The Morgan fingerprint density at radius 2 is 1.33 bits per heavy atom. The molecule has 4 aliphatic heterocycles. The molecule has 57 heavy (non-hydrogen) atoms. The van der Waals surface area contributed by atoms with E-state index in [0.29, 0.717) is 18.5 Å². The number of nitrogens with zero attached hydrogens (tertiary/aromatic N) is 1. The largest absolute Gasteiger partial charge is 2.00 e. The van der Waals surface area contributed by atoms with Crippen LogP contribution < -0.4 is 22.3 Å². The third-order valence-electron chi connectivity index (χ3n) is 9.61. The first-order valence-corrected chi connectivity index (χ1v) is 18.9. The Morgan fingerprint density at radius 3 is 1.81 bits per heavy atom. The second-order valence-corrected chi connectivity index (χ2v) is 15.1. The van der Waals surface area contributed by atoms with Crippen molar-refractivity contribution in [2.75, 3.05) is 33.3 Å². The molecule has 0 bridgehead atoms. The average molecular weight is 861 g/mol. The molecule has 13 heteroatoms. The molecular formula is C44H56BrMgN2O9+. The monoisotopic (exact) mass is 859 g/mol. The van der Waals surface area contributed by atoms with Crippen molar-refractivity contribution in [3.8, 4) is 0 Å². The van der Waals surface area contributed by atoms with Gasteiger partial charge in [-0.25, -0.2) is 19.2 Å². The summed E-state index contributed by atoms with van der Waals surface area (Å²) in [5, 5.41) is 3.24. The maximum absolute atomic E-state index is 11.6. The van der Waals surface area contributed by atoms with E-state index in [1.807, 2.05) is 115 Å². The van der Waals surface area contributed by atoms with Crippen LogP contribution in [0.5, 0.6) is 0 Å². The molecule has 11 nitrogen and oxygen atoms in total. The minimum atomic E-state index is -0.483. The van der Waals surface area contributed by atoms with Gasteiger partial charge in [-0.15, -0.1) is 0 Å². The van der Waals surface area contributed by atoms with Crippen LogP contribution in [0.3, 0.4) is 0 Å². The van der Waals surface area contributed by atoms with E-state index in [0.717, 1.165) is 60.2 Å². The first-order valence-electron chi connectivity index (χ1n) is 18.9. The molecule has 4 heterocycles. The third kappa shape index (κ3) is 12.9. The van der Waals surface area contributed by atoms with Crippen molar-refractivity contribution >= 4 is 52.8 Å². The molecule has 8 rings (SSSR count). The molecule has 2 spiro atoms. The Hall–Kier alpha value is -3.78. The fourth-order valence-corrected chi connectivity index (χ4v) is 7.02. The Bertz CT molecular complexity index is 1760. The maximum atomic E-state index is 11.6. The van der Waals surface area contributed by atoms with Crippen LogP contribution in [-0.4, -0.2) is 96.6 Å². The van der Waals surface area contributed by atoms with Gasteiger partial charge in [0.25, 0.3) is 0 Å². The van der Waals surface area contributed by atoms with Gasteiger partial charge in [-0.1, -0.05) is 54.6 Å². The first kappa shape index (κ1) is 49.4. The molecule has 1 amide bonds. The summed E-state index contributed by atoms with van der Waals surface area (Å²) in [4.78, 5) is 57.9. The molecule has 3 aromatic rings. The number of esters is 3. The fourth-order valence-electron chi connectivity index (χ4n) is 7.02. The Balaban J connectivity index is 0.000000373. The number of halogens is 1. The van der Waals surface area contributed by atoms with Crippen molar-refractivity contribution in [1.29, 1.82) is 0 Å². The van der Waals surface area contributed by atoms with Crippen LogP contribution in [0.4, 0.5) is 4.79 Å². The molecule has 0 radical (unpaired) electrons. The van der Waals surface area contributed by atoms with Crippen molar-refractivity contribution in [1.82, 2.24) is 10.2 Å². The van der Waals surface area contributed by atoms with E-state index in [4.69, 9.17) is 14.2 Å². The molecule has 304 valence electrons. The van der Waals surface area contributed by atoms with Crippen molar-refractivity contribution < 1.29 is 61.3 Å². The van der Waals surface area contributed by atoms with E-state index in [9.17, 15) is 24.0 Å². The zero-order valence-electron chi connectivity index (χ0n) is 35.3. The quantitative estimate of drug-likeness (QED) is 0.160. The number of ketones is 1. The SMILES string of the molecule is CC(C)(C)OC(=O)N1CCC(=O)C1.COC(=O)c1ccccc1C.C[CH-]C.O=C1OC2(CCCC2)c2ccccc21.O=C1OC2(CCNC2)c2ccccc21.[Br-].[H+].[Mg+2]. The molecule has 5 aliphatic rings. The number of hydrogen-bond acceptors (Lipinski definition) is 10. The van der Waals surface area contributed by atoms with Gasteiger partial charge in [0.1, 0.15) is 11.2 Å². The summed E-state index contributed by atoms with van der Waals surface area (Å²) in [7, 11) is 1.38. The van der Waals surface area contributed by atoms with Crippen LogP contribution in [0.2, 0.25) is 0 Å². The summed E-state index contributed by atoms with van der Waals surface area (Å²) in [6, 6.07) is 22.8. The van der Waals surface area contributed by atoms with Crippen LogP contribution in [0, 0.1) is 13.3 Å². The van der Waals surface area contributed by atoms with Crippen LogP contribution in [-0.2, 0) is 34.9 Å². The average Bonchev–Trinajstić information content (AvgIpc) is 4.01. The molecular weight excluding hydrogens is 805 g/mol. The number of likely N-dealkylation sites (tertiary alicyclic amines) is 1. The number of carbonyl (C=O) groups is 5. The predicted octanol–water partition coefficient (Wildman–Crippen LogP) is 4.62. The van der Waals surface area contributed by atoms with Crippen molar-refractivity contribution in [2.45, 2.75) is 96.9 Å². The van der Waals surface area contributed by atoms with E-state index in [2.05, 4.69) is 10.1 Å². The number of methoxy groups -OCH3 is 1. The number of ether oxygens (including phenoxy) is 4. The second kappa shape index (κ2) is 22.4. The van der Waals surface area contributed by atoms with Crippen molar-refractivity contribution in [3.63, 3.8) is 0 Å². The summed E-state index contributed by atoms with van der Waals surface area (Å²) in [5.41, 5.74) is 4.14. The van der Waals surface area contributed by atoms with Gasteiger partial charge in [-0.05, 0) is 83.7 Å². The summed E-state index contributed by atoms with van der Waals surface area (Å²) in [6.07, 6.45) is 7.28. The number of Topliss-reactive ketones (excluding diaryl/α,β-unsaturated/α-hetero) is 1. The van der Waals surface area contributed by atoms with E-state index < -0.39 is 11.7 Å². The molecule has 1 N–H and O–H groups in total. The Labute approximate surface area is 365 Å². The molecule has 1 aliphatic carbocycles. The van der Waals surface area contributed by atoms with Gasteiger partial charge < -0.3 is 52.6 Å². The molecule has 1 saturated carbocycles. The smallest absolute Gasteiger partial charge is 1.00 e. The van der Waals surface area contributed by atoms with Gasteiger partial charge in [0, 0.05) is 37.1 Å². The van der Waals surface area contributed by atoms with E-state index in [-0.39, 0.29) is 82.9 Å². The number of rotatable bonds is 1. The molecule has 1 atom stereocenters.